The van der Waals surface area contributed by atoms with Gasteiger partial charge in [0.15, 0.2) is 0 Å². The third-order valence-electron chi connectivity index (χ3n) is 3.11. The fourth-order valence-corrected chi connectivity index (χ4v) is 1.88. The van der Waals surface area contributed by atoms with Crippen LogP contribution in [0.25, 0.3) is 0 Å². The zero-order chi connectivity index (χ0) is 15.4. The highest BCUT2D eigenvalue weighted by molar-refractivity contribution is 6.08. The van der Waals surface area contributed by atoms with Crippen molar-refractivity contribution in [3.63, 3.8) is 0 Å². The maximum absolute atomic E-state index is 12.2. The van der Waals surface area contributed by atoms with Gasteiger partial charge in [0, 0.05) is 23.5 Å². The lowest BCUT2D eigenvalue weighted by atomic mass is 10.1. The fraction of sp³-hybridized carbons (Fsp3) is 0.133. The first-order chi connectivity index (χ1) is 10.0. The molecule has 3 N–H and O–H groups in total. The van der Waals surface area contributed by atoms with Gasteiger partial charge in [-0.25, -0.2) is 0 Å². The molecule has 0 aliphatic carbocycles. The number of carbonyl (C=O) groups excluding carboxylic acids is 1. The van der Waals surface area contributed by atoms with E-state index in [9.17, 15) is 14.9 Å². The van der Waals surface area contributed by atoms with Crippen LogP contribution in [-0.2, 0) is 6.42 Å². The van der Waals surface area contributed by atoms with Crippen LogP contribution >= 0.6 is 0 Å². The second-order valence-corrected chi connectivity index (χ2v) is 4.53. The molecule has 0 bridgehead atoms. The zero-order valence-corrected chi connectivity index (χ0v) is 11.5. The molecule has 108 valence electrons. The molecule has 0 atom stereocenters. The Morgan fingerprint density at radius 3 is 2.48 bits per heavy atom. The largest absolute Gasteiger partial charge is 0.398 e. The Hall–Kier alpha value is -2.89. The number of aryl methyl sites for hydroxylation is 1. The molecule has 2 aromatic rings. The number of nitrogens with two attached hydrogens (primary N) is 1. The van der Waals surface area contributed by atoms with Gasteiger partial charge >= 0.3 is 0 Å². The summed E-state index contributed by atoms with van der Waals surface area (Å²) in [4.78, 5) is 22.3. The van der Waals surface area contributed by atoms with E-state index in [1.165, 1.54) is 18.2 Å². The van der Waals surface area contributed by atoms with E-state index in [2.05, 4.69) is 5.32 Å². The minimum Gasteiger partial charge on any atom is -0.398 e. The zero-order valence-electron chi connectivity index (χ0n) is 11.5. The Morgan fingerprint density at radius 1 is 1.24 bits per heavy atom. The molecule has 2 rings (SSSR count). The number of nitro groups is 1. The van der Waals surface area contributed by atoms with Crippen LogP contribution in [-0.4, -0.2) is 10.8 Å². The number of nitrogens with one attached hydrogen (secondary N) is 1. The average molecular weight is 285 g/mol. The highest BCUT2D eigenvalue weighted by Gasteiger charge is 2.15. The lowest BCUT2D eigenvalue weighted by molar-refractivity contribution is -0.384. The maximum Gasteiger partial charge on any atom is 0.270 e. The van der Waals surface area contributed by atoms with Crippen molar-refractivity contribution in [1.82, 2.24) is 0 Å². The lowest BCUT2D eigenvalue weighted by Crippen LogP contribution is -2.14. The van der Waals surface area contributed by atoms with E-state index >= 15 is 0 Å². The first-order valence-corrected chi connectivity index (χ1v) is 6.45. The number of amides is 1. The van der Waals surface area contributed by atoms with E-state index in [0.29, 0.717) is 5.69 Å². The van der Waals surface area contributed by atoms with E-state index in [0.717, 1.165) is 12.0 Å². The number of anilines is 2. The molecule has 1 amide bonds. The fourth-order valence-electron chi connectivity index (χ4n) is 1.88. The first kappa shape index (κ1) is 14.5. The Bertz CT molecular complexity index is 681. The van der Waals surface area contributed by atoms with Crippen molar-refractivity contribution in [2.75, 3.05) is 11.1 Å². The molecule has 0 saturated carbocycles. The van der Waals surface area contributed by atoms with Crippen LogP contribution in [0.2, 0.25) is 0 Å². The average Bonchev–Trinajstić information content (AvgIpc) is 2.48. The summed E-state index contributed by atoms with van der Waals surface area (Å²) < 4.78 is 0. The van der Waals surface area contributed by atoms with Crippen LogP contribution in [0.15, 0.2) is 42.5 Å². The molecule has 0 unspecified atom stereocenters. The van der Waals surface area contributed by atoms with Crippen LogP contribution in [0.3, 0.4) is 0 Å². The van der Waals surface area contributed by atoms with E-state index in [-0.39, 0.29) is 16.9 Å². The number of hydrogen-bond acceptors (Lipinski definition) is 4. The van der Waals surface area contributed by atoms with E-state index in [1.54, 1.807) is 12.1 Å². The van der Waals surface area contributed by atoms with E-state index in [1.807, 2.05) is 19.1 Å². The Balaban J connectivity index is 2.23. The molecular formula is C15H15N3O3. The number of nitrogen functional groups attached to an aromatic ring is 1. The van der Waals surface area contributed by atoms with Crippen molar-refractivity contribution in [1.29, 1.82) is 0 Å². The number of carbonyl (C=O) groups is 1. The highest BCUT2D eigenvalue weighted by atomic mass is 16.6. The third-order valence-corrected chi connectivity index (χ3v) is 3.11. The second kappa shape index (κ2) is 6.04. The molecule has 2 aromatic carbocycles. The standard InChI is InChI=1S/C15H15N3O3/c1-2-10-3-5-11(6-4-10)17-15(19)13-9-12(18(20)21)7-8-14(13)16/h3-9H,2,16H2,1H3,(H,17,19). The SMILES string of the molecule is CCc1ccc(NC(=O)c2cc([N+](=O)[O-])ccc2N)cc1. The summed E-state index contributed by atoms with van der Waals surface area (Å²) in [5, 5.41) is 13.4. The molecule has 0 heterocycles. The molecule has 0 fully saturated rings. The molecule has 0 aromatic heterocycles. The van der Waals surface area contributed by atoms with Crippen LogP contribution < -0.4 is 11.1 Å². The number of rotatable bonds is 4. The molecule has 0 saturated heterocycles. The lowest BCUT2D eigenvalue weighted by Gasteiger charge is -2.08. The van der Waals surface area contributed by atoms with Gasteiger partial charge in [-0.1, -0.05) is 19.1 Å². The second-order valence-electron chi connectivity index (χ2n) is 4.53. The predicted molar refractivity (Wildman–Crippen MR) is 81.3 cm³/mol. The van der Waals surface area contributed by atoms with Gasteiger partial charge in [-0.2, -0.15) is 0 Å². The molecule has 0 radical (unpaired) electrons. The summed E-state index contributed by atoms with van der Waals surface area (Å²) in [5.41, 5.74) is 7.59. The van der Waals surface area contributed by atoms with Gasteiger partial charge in [0.2, 0.25) is 0 Å². The summed E-state index contributed by atoms with van der Waals surface area (Å²) in [6.45, 7) is 2.04. The van der Waals surface area contributed by atoms with Crippen molar-refractivity contribution >= 4 is 23.0 Å². The highest BCUT2D eigenvalue weighted by Crippen LogP contribution is 2.21. The summed E-state index contributed by atoms with van der Waals surface area (Å²) in [6.07, 6.45) is 0.909. The summed E-state index contributed by atoms with van der Waals surface area (Å²) >= 11 is 0. The Labute approximate surface area is 121 Å². The van der Waals surface area contributed by atoms with Crippen LogP contribution in [0, 0.1) is 10.1 Å². The van der Waals surface area contributed by atoms with Crippen molar-refractivity contribution in [3.05, 3.63) is 63.7 Å². The van der Waals surface area contributed by atoms with Gasteiger partial charge in [-0.05, 0) is 30.2 Å². The predicted octanol–water partition coefficient (Wildman–Crippen LogP) is 2.99. The Morgan fingerprint density at radius 2 is 1.90 bits per heavy atom. The molecule has 21 heavy (non-hydrogen) atoms. The monoisotopic (exact) mass is 285 g/mol. The molecule has 6 nitrogen and oxygen atoms in total. The van der Waals surface area contributed by atoms with Gasteiger partial charge in [0.25, 0.3) is 11.6 Å². The smallest absolute Gasteiger partial charge is 0.270 e. The maximum atomic E-state index is 12.2. The Kier molecular flexibility index (Phi) is 4.18. The molecule has 0 aliphatic heterocycles. The van der Waals surface area contributed by atoms with Crippen LogP contribution in [0.5, 0.6) is 0 Å². The van der Waals surface area contributed by atoms with E-state index in [4.69, 9.17) is 5.73 Å². The topological polar surface area (TPSA) is 98.3 Å². The van der Waals surface area contributed by atoms with Gasteiger partial charge in [0.05, 0.1) is 10.5 Å². The number of non-ortho nitro benzene ring substituents is 1. The van der Waals surface area contributed by atoms with Crippen molar-refractivity contribution in [3.8, 4) is 0 Å². The summed E-state index contributed by atoms with van der Waals surface area (Å²) in [7, 11) is 0. The van der Waals surface area contributed by atoms with Crippen molar-refractivity contribution in [2.24, 2.45) is 0 Å². The minimum absolute atomic E-state index is 0.0868. The minimum atomic E-state index is -0.563. The summed E-state index contributed by atoms with van der Waals surface area (Å²) in [5.74, 6) is -0.472. The molecule has 0 aliphatic rings. The van der Waals surface area contributed by atoms with Crippen molar-refractivity contribution < 1.29 is 9.72 Å². The number of hydrogen-bond donors (Lipinski definition) is 2. The van der Waals surface area contributed by atoms with Crippen LogP contribution in [0.4, 0.5) is 17.1 Å². The van der Waals surface area contributed by atoms with Crippen LogP contribution in [0.1, 0.15) is 22.8 Å². The first-order valence-electron chi connectivity index (χ1n) is 6.45. The summed E-state index contributed by atoms with van der Waals surface area (Å²) in [6, 6.07) is 11.2. The number of nitro benzene ring substituents is 1. The number of nitrogens with zero attached hydrogens (tertiary/aromatic N) is 1. The normalized spacial score (nSPS) is 10.1. The van der Waals surface area contributed by atoms with Gasteiger partial charge in [-0.15, -0.1) is 0 Å². The van der Waals surface area contributed by atoms with Gasteiger partial charge in [-0.3, -0.25) is 14.9 Å². The van der Waals surface area contributed by atoms with Crippen molar-refractivity contribution in [2.45, 2.75) is 13.3 Å². The molecule has 6 heteroatoms. The molecule has 0 spiro atoms. The quantitative estimate of drug-likeness (QED) is 0.512. The molecular weight excluding hydrogens is 270 g/mol. The van der Waals surface area contributed by atoms with E-state index < -0.39 is 10.8 Å². The third kappa shape index (κ3) is 3.36. The van der Waals surface area contributed by atoms with Gasteiger partial charge in [0.1, 0.15) is 0 Å². The van der Waals surface area contributed by atoms with Gasteiger partial charge < -0.3 is 11.1 Å². The number of benzene rings is 2.